The van der Waals surface area contributed by atoms with Crippen LogP contribution in [0.2, 0.25) is 0 Å². The van der Waals surface area contributed by atoms with Gasteiger partial charge in [0.05, 0.1) is 37.7 Å². The minimum Gasteiger partial charge on any atom is -0.481 e. The number of anilines is 4. The van der Waals surface area contributed by atoms with Gasteiger partial charge >= 0.3 is 6.03 Å². The molecule has 6 rings (SSSR count). The highest BCUT2D eigenvalue weighted by Gasteiger charge is 2.38. The van der Waals surface area contributed by atoms with Crippen LogP contribution in [0.4, 0.5) is 27.8 Å². The Morgan fingerprint density at radius 3 is 2.83 bits per heavy atom. The highest BCUT2D eigenvalue weighted by Crippen LogP contribution is 2.40. The number of carbonyl (C=O) groups is 1. The summed E-state index contributed by atoms with van der Waals surface area (Å²) < 4.78 is 10.7. The summed E-state index contributed by atoms with van der Waals surface area (Å²) in [5.41, 5.74) is 4.00. The number of morpholine rings is 1. The molecule has 0 spiro atoms. The highest BCUT2D eigenvalue weighted by molar-refractivity contribution is 6.04. The molecule has 2 bridgehead atoms. The Bertz CT molecular complexity index is 1260. The van der Waals surface area contributed by atoms with Crippen LogP contribution in [0.5, 0.6) is 5.88 Å². The number of urea groups is 1. The molecule has 5 heterocycles. The lowest BCUT2D eigenvalue weighted by Crippen LogP contribution is -2.56. The Hall–Kier alpha value is -3.92. The maximum Gasteiger partial charge on any atom is 0.329 e. The molecule has 3 aliphatic heterocycles. The van der Waals surface area contributed by atoms with E-state index in [0.717, 1.165) is 74.9 Å². The van der Waals surface area contributed by atoms with Crippen molar-refractivity contribution in [1.29, 1.82) is 0 Å². The van der Waals surface area contributed by atoms with Crippen molar-refractivity contribution in [2.45, 2.75) is 18.9 Å². The van der Waals surface area contributed by atoms with Crippen LogP contribution in [-0.2, 0) is 4.74 Å². The molecule has 2 saturated heterocycles. The van der Waals surface area contributed by atoms with Crippen LogP contribution < -0.4 is 24.8 Å². The first-order valence-corrected chi connectivity index (χ1v) is 12.3. The third-order valence-electron chi connectivity index (χ3n) is 7.01. The van der Waals surface area contributed by atoms with Gasteiger partial charge in [0, 0.05) is 43.5 Å². The maximum absolute atomic E-state index is 13.6. The van der Waals surface area contributed by atoms with Gasteiger partial charge in [-0.3, -0.25) is 10.2 Å². The molecule has 10 heteroatoms. The van der Waals surface area contributed by atoms with Crippen molar-refractivity contribution >= 4 is 29.0 Å². The van der Waals surface area contributed by atoms with E-state index in [4.69, 9.17) is 14.5 Å². The van der Waals surface area contributed by atoms with Gasteiger partial charge in [0.25, 0.3) is 0 Å². The molecule has 1 N–H and O–H groups in total. The predicted octanol–water partition coefficient (Wildman–Crippen LogP) is 3.40. The summed E-state index contributed by atoms with van der Waals surface area (Å²) in [7, 11) is 1.53. The number of ether oxygens (including phenoxy) is 2. The number of fused-ring (bicyclic) bond motifs is 4. The molecule has 3 aliphatic rings. The van der Waals surface area contributed by atoms with E-state index in [1.165, 1.54) is 13.4 Å². The fraction of sp³-hybridized carbons (Fsp3) is 0.385. The average Bonchev–Trinajstić information content (AvgIpc) is 2.93. The van der Waals surface area contributed by atoms with Gasteiger partial charge in [-0.2, -0.15) is 0 Å². The van der Waals surface area contributed by atoms with Crippen LogP contribution >= 0.6 is 0 Å². The quantitative estimate of drug-likeness (QED) is 0.598. The largest absolute Gasteiger partial charge is 0.481 e. The number of nitrogens with zero attached hydrogens (tertiary/aromatic N) is 6. The second-order valence-electron chi connectivity index (χ2n) is 9.18. The number of rotatable bonds is 4. The van der Waals surface area contributed by atoms with Gasteiger partial charge in [0.15, 0.2) is 5.82 Å². The number of benzene rings is 1. The lowest BCUT2D eigenvalue weighted by atomic mass is 9.99. The third kappa shape index (κ3) is 4.28. The first-order chi connectivity index (χ1) is 17.7. The standard InChI is InChI=1S/C26H29N7O3/c1-35-24-15-23(27-17-28-24)30-26(34)33-20-6-3-9-32(16-20)22-8-7-21(29-25(22)33)18-4-2-5-19(14-18)31-10-12-36-13-11-31/h2,4-5,7-8,14-15,17,20H,3,6,9-13,16H2,1H3,(H,27,28,30,34)/t20-/m0/s1. The minimum absolute atomic E-state index is 0.0393. The Kier molecular flexibility index (Phi) is 6.02. The molecule has 0 unspecified atom stereocenters. The van der Waals surface area contributed by atoms with Crippen LogP contribution in [0.1, 0.15) is 12.8 Å². The second-order valence-corrected chi connectivity index (χ2v) is 9.18. The van der Waals surface area contributed by atoms with Gasteiger partial charge < -0.3 is 19.3 Å². The van der Waals surface area contributed by atoms with Crippen molar-refractivity contribution in [2.75, 3.05) is 66.5 Å². The zero-order chi connectivity index (χ0) is 24.5. The molecule has 36 heavy (non-hydrogen) atoms. The molecule has 10 nitrogen and oxygen atoms in total. The number of methoxy groups -OCH3 is 1. The van der Waals surface area contributed by atoms with Crippen LogP contribution in [0.3, 0.4) is 0 Å². The number of amides is 2. The van der Waals surface area contributed by atoms with Crippen LogP contribution in [0.15, 0.2) is 48.8 Å². The van der Waals surface area contributed by atoms with Crippen molar-refractivity contribution in [3.05, 3.63) is 48.8 Å². The predicted molar refractivity (Wildman–Crippen MR) is 138 cm³/mol. The fourth-order valence-electron chi connectivity index (χ4n) is 5.22. The topological polar surface area (TPSA) is 96.0 Å². The second kappa shape index (κ2) is 9.62. The van der Waals surface area contributed by atoms with Crippen molar-refractivity contribution in [2.24, 2.45) is 0 Å². The Labute approximate surface area is 209 Å². The van der Waals surface area contributed by atoms with E-state index in [-0.39, 0.29) is 12.1 Å². The third-order valence-corrected chi connectivity index (χ3v) is 7.01. The molecule has 0 radical (unpaired) electrons. The van der Waals surface area contributed by atoms with E-state index >= 15 is 0 Å². The van der Waals surface area contributed by atoms with Gasteiger partial charge in [0.2, 0.25) is 5.88 Å². The van der Waals surface area contributed by atoms with E-state index < -0.39 is 0 Å². The number of hydrogen-bond donors (Lipinski definition) is 1. The molecule has 3 aromatic rings. The normalized spacial score (nSPS) is 19.0. The van der Waals surface area contributed by atoms with Crippen LogP contribution in [0, 0.1) is 0 Å². The number of piperidine rings is 1. The summed E-state index contributed by atoms with van der Waals surface area (Å²) in [5, 5.41) is 2.92. The van der Waals surface area contributed by atoms with E-state index in [9.17, 15) is 4.79 Å². The molecule has 186 valence electrons. The summed E-state index contributed by atoms with van der Waals surface area (Å²) in [6, 6.07) is 14.0. The summed E-state index contributed by atoms with van der Waals surface area (Å²) in [6.07, 6.45) is 3.33. The summed E-state index contributed by atoms with van der Waals surface area (Å²) in [4.78, 5) is 33.3. The number of pyridine rings is 1. The molecule has 1 aromatic carbocycles. The smallest absolute Gasteiger partial charge is 0.329 e. The zero-order valence-electron chi connectivity index (χ0n) is 20.3. The monoisotopic (exact) mass is 487 g/mol. The lowest BCUT2D eigenvalue weighted by Gasteiger charge is -2.45. The molecule has 2 amide bonds. The van der Waals surface area contributed by atoms with Gasteiger partial charge in [-0.05, 0) is 37.1 Å². The maximum atomic E-state index is 13.6. The summed E-state index contributed by atoms with van der Waals surface area (Å²) >= 11 is 0. The molecule has 0 aliphatic carbocycles. The number of nitrogens with one attached hydrogen (secondary N) is 1. The first kappa shape index (κ1) is 22.5. The van der Waals surface area contributed by atoms with Crippen molar-refractivity contribution in [3.8, 4) is 17.1 Å². The van der Waals surface area contributed by atoms with Gasteiger partial charge in [0.1, 0.15) is 12.1 Å². The highest BCUT2D eigenvalue weighted by atomic mass is 16.5. The molecule has 2 aromatic heterocycles. The number of hydrogen-bond acceptors (Lipinski definition) is 8. The average molecular weight is 488 g/mol. The van der Waals surface area contributed by atoms with E-state index in [0.29, 0.717) is 17.5 Å². The molecule has 0 saturated carbocycles. The summed E-state index contributed by atoms with van der Waals surface area (Å²) in [6.45, 7) is 4.98. The van der Waals surface area contributed by atoms with Crippen molar-refractivity contribution in [3.63, 3.8) is 0 Å². The van der Waals surface area contributed by atoms with Crippen molar-refractivity contribution in [1.82, 2.24) is 15.0 Å². The number of carbonyl (C=O) groups excluding carboxylic acids is 1. The Balaban J connectivity index is 1.34. The Morgan fingerprint density at radius 1 is 1.08 bits per heavy atom. The SMILES string of the molecule is COc1cc(NC(=O)N2c3nc(-c4cccc(N5CCOCC5)c4)ccc3N3CCC[C@H]2C3)ncn1. The lowest BCUT2D eigenvalue weighted by molar-refractivity contribution is 0.122. The van der Waals surface area contributed by atoms with Gasteiger partial charge in [-0.1, -0.05) is 12.1 Å². The Morgan fingerprint density at radius 2 is 1.97 bits per heavy atom. The van der Waals surface area contributed by atoms with Crippen LogP contribution in [-0.4, -0.2) is 73.5 Å². The molecule has 2 fully saturated rings. The van der Waals surface area contributed by atoms with Crippen LogP contribution in [0.25, 0.3) is 11.3 Å². The van der Waals surface area contributed by atoms with E-state index in [1.54, 1.807) is 11.0 Å². The molecular formula is C26H29N7O3. The molecular weight excluding hydrogens is 458 g/mol. The minimum atomic E-state index is -0.254. The fourth-order valence-corrected chi connectivity index (χ4v) is 5.22. The molecule has 1 atom stereocenters. The van der Waals surface area contributed by atoms with E-state index in [2.05, 4.69) is 61.5 Å². The first-order valence-electron chi connectivity index (χ1n) is 12.3. The number of aromatic nitrogens is 3. The summed E-state index contributed by atoms with van der Waals surface area (Å²) in [5.74, 6) is 1.46. The van der Waals surface area contributed by atoms with Gasteiger partial charge in [-0.25, -0.2) is 19.7 Å². The van der Waals surface area contributed by atoms with Gasteiger partial charge in [-0.15, -0.1) is 0 Å². The zero-order valence-corrected chi connectivity index (χ0v) is 20.3. The van der Waals surface area contributed by atoms with E-state index in [1.807, 2.05) is 0 Å². The van der Waals surface area contributed by atoms with Crippen molar-refractivity contribution < 1.29 is 14.3 Å².